The molecule has 1 aromatic rings. The molecule has 0 atom stereocenters. The monoisotopic (exact) mass is 475 g/mol. The number of nitrogens with zero attached hydrogens (tertiary/aromatic N) is 3. The Morgan fingerprint density at radius 2 is 1.75 bits per heavy atom. The van der Waals surface area contributed by atoms with Crippen LogP contribution in [0.3, 0.4) is 0 Å². The number of alkyl halides is 3. The van der Waals surface area contributed by atoms with Crippen LogP contribution in [0.25, 0.3) is 0 Å². The van der Waals surface area contributed by atoms with Crippen molar-refractivity contribution in [1.29, 1.82) is 0 Å². The minimum atomic E-state index is -4.65. The van der Waals surface area contributed by atoms with Gasteiger partial charge in [-0.25, -0.2) is 14.5 Å². The zero-order valence-electron chi connectivity index (χ0n) is 18.3. The minimum absolute atomic E-state index is 0.0251. The van der Waals surface area contributed by atoms with Crippen molar-refractivity contribution in [3.8, 4) is 0 Å². The largest absolute Gasteiger partial charge is 0.444 e. The lowest BCUT2D eigenvalue weighted by atomic mass is 9.86. The van der Waals surface area contributed by atoms with E-state index in [4.69, 9.17) is 16.3 Å². The van der Waals surface area contributed by atoms with Gasteiger partial charge in [-0.2, -0.15) is 13.2 Å². The van der Waals surface area contributed by atoms with E-state index in [1.807, 2.05) is 0 Å². The Labute approximate surface area is 189 Å². The van der Waals surface area contributed by atoms with Gasteiger partial charge in [0.2, 0.25) is 0 Å². The molecule has 0 aromatic heterocycles. The molecular formula is C21H25ClF3N3O4. The second-order valence-electron chi connectivity index (χ2n) is 8.83. The molecule has 0 saturated carbocycles. The first-order valence-electron chi connectivity index (χ1n) is 10.2. The first-order valence-corrected chi connectivity index (χ1v) is 10.6. The molecule has 1 spiro atoms. The summed E-state index contributed by atoms with van der Waals surface area (Å²) in [4.78, 5) is 42.6. The van der Waals surface area contributed by atoms with Crippen molar-refractivity contribution in [3.05, 3.63) is 28.8 Å². The second kappa shape index (κ2) is 8.13. The van der Waals surface area contributed by atoms with Crippen LogP contribution in [0.1, 0.15) is 46.1 Å². The molecular weight excluding hydrogens is 451 g/mol. The standard InChI is InChI=1S/C21H25ClF3N3O4/c1-5-27-17(30)28(13-6-7-14(15(22)12-13)21(23,24)25)16(29)20(27)8-10-26(11-9-20)18(31)32-19(2,3)4/h6-7,12H,5,8-11H2,1-4H3. The maximum atomic E-state index is 13.4. The number of carbonyl (C=O) groups is 3. The Morgan fingerprint density at radius 1 is 1.16 bits per heavy atom. The van der Waals surface area contributed by atoms with E-state index < -0.39 is 45.9 Å². The predicted molar refractivity (Wildman–Crippen MR) is 111 cm³/mol. The van der Waals surface area contributed by atoms with E-state index in [9.17, 15) is 27.6 Å². The fraction of sp³-hybridized carbons (Fsp3) is 0.571. The number of rotatable bonds is 2. The fourth-order valence-corrected chi connectivity index (χ4v) is 4.40. The molecule has 0 aliphatic carbocycles. The van der Waals surface area contributed by atoms with E-state index in [1.54, 1.807) is 27.7 Å². The number of ether oxygens (including phenoxy) is 1. The van der Waals surface area contributed by atoms with Crippen LogP contribution < -0.4 is 4.90 Å². The Morgan fingerprint density at radius 3 is 2.22 bits per heavy atom. The van der Waals surface area contributed by atoms with E-state index in [1.165, 1.54) is 9.80 Å². The van der Waals surface area contributed by atoms with Gasteiger partial charge < -0.3 is 14.5 Å². The Balaban J connectivity index is 1.86. The molecule has 4 amide bonds. The number of carbonyl (C=O) groups excluding carboxylic acids is 3. The van der Waals surface area contributed by atoms with E-state index >= 15 is 0 Å². The summed E-state index contributed by atoms with van der Waals surface area (Å²) < 4.78 is 44.5. The quantitative estimate of drug-likeness (QED) is 0.569. The Kier molecular flexibility index (Phi) is 6.14. The molecule has 0 N–H and O–H groups in total. The van der Waals surface area contributed by atoms with E-state index in [0.29, 0.717) is 0 Å². The summed E-state index contributed by atoms with van der Waals surface area (Å²) in [5.74, 6) is -0.538. The summed E-state index contributed by atoms with van der Waals surface area (Å²) >= 11 is 5.80. The Bertz CT molecular complexity index is 937. The van der Waals surface area contributed by atoms with Crippen LogP contribution in [0, 0.1) is 0 Å². The molecule has 176 valence electrons. The number of hydrogen-bond donors (Lipinski definition) is 0. The molecule has 3 rings (SSSR count). The molecule has 0 radical (unpaired) electrons. The summed E-state index contributed by atoms with van der Waals surface area (Å²) in [6.45, 7) is 7.60. The van der Waals surface area contributed by atoms with Crippen LogP contribution in [0.4, 0.5) is 28.4 Å². The molecule has 2 aliphatic heterocycles. The van der Waals surface area contributed by atoms with Gasteiger partial charge in [0.15, 0.2) is 0 Å². The number of piperidine rings is 1. The number of imide groups is 1. The number of halogens is 4. The predicted octanol–water partition coefficient (Wildman–Crippen LogP) is 4.92. The van der Waals surface area contributed by atoms with Crippen molar-refractivity contribution in [3.63, 3.8) is 0 Å². The lowest BCUT2D eigenvalue weighted by Crippen LogP contribution is -2.57. The maximum Gasteiger partial charge on any atom is 0.417 e. The number of anilines is 1. The summed E-state index contributed by atoms with van der Waals surface area (Å²) in [6.07, 6.45) is -4.77. The highest BCUT2D eigenvalue weighted by Gasteiger charge is 2.58. The third-order valence-corrected chi connectivity index (χ3v) is 5.93. The van der Waals surface area contributed by atoms with Crippen molar-refractivity contribution in [2.24, 2.45) is 0 Å². The molecule has 32 heavy (non-hydrogen) atoms. The zero-order chi connectivity index (χ0) is 24.1. The number of amides is 4. The fourth-order valence-electron chi connectivity index (χ4n) is 4.12. The smallest absolute Gasteiger partial charge is 0.417 e. The number of likely N-dealkylation sites (N-methyl/N-ethyl adjacent to an activating group) is 1. The van der Waals surface area contributed by atoms with Gasteiger partial charge in [0, 0.05) is 19.6 Å². The summed E-state index contributed by atoms with van der Waals surface area (Å²) in [6, 6.07) is 2.17. The van der Waals surface area contributed by atoms with Gasteiger partial charge in [0.05, 0.1) is 16.3 Å². The number of hydrogen-bond acceptors (Lipinski definition) is 4. The van der Waals surface area contributed by atoms with Crippen molar-refractivity contribution in [2.75, 3.05) is 24.5 Å². The molecule has 2 aliphatic rings. The zero-order valence-corrected chi connectivity index (χ0v) is 19.0. The highest BCUT2D eigenvalue weighted by atomic mass is 35.5. The van der Waals surface area contributed by atoms with Crippen molar-refractivity contribution in [2.45, 2.75) is 57.9 Å². The highest BCUT2D eigenvalue weighted by molar-refractivity contribution is 6.32. The summed E-state index contributed by atoms with van der Waals surface area (Å²) in [5, 5.41) is -0.598. The van der Waals surface area contributed by atoms with Crippen LogP contribution >= 0.6 is 11.6 Å². The number of urea groups is 1. The lowest BCUT2D eigenvalue weighted by Gasteiger charge is -2.41. The topological polar surface area (TPSA) is 70.2 Å². The summed E-state index contributed by atoms with van der Waals surface area (Å²) in [7, 11) is 0. The molecule has 2 heterocycles. The average molecular weight is 476 g/mol. The molecule has 0 unspecified atom stereocenters. The third-order valence-electron chi connectivity index (χ3n) is 5.61. The normalized spacial score (nSPS) is 19.2. The van der Waals surface area contributed by atoms with Gasteiger partial charge in [0.1, 0.15) is 11.1 Å². The van der Waals surface area contributed by atoms with Gasteiger partial charge >= 0.3 is 18.3 Å². The SMILES string of the molecule is CCN1C(=O)N(c2ccc(C(F)(F)F)c(Cl)c2)C(=O)C12CCN(C(=O)OC(C)(C)C)CC2. The van der Waals surface area contributed by atoms with Crippen molar-refractivity contribution in [1.82, 2.24) is 9.80 Å². The van der Waals surface area contributed by atoms with Crippen LogP contribution in [0.15, 0.2) is 18.2 Å². The summed E-state index contributed by atoms with van der Waals surface area (Å²) in [5.41, 5.74) is -2.92. The highest BCUT2D eigenvalue weighted by Crippen LogP contribution is 2.42. The Hall–Kier alpha value is -2.49. The van der Waals surface area contributed by atoms with Gasteiger partial charge in [-0.15, -0.1) is 0 Å². The van der Waals surface area contributed by atoms with Crippen molar-refractivity contribution >= 4 is 35.3 Å². The van der Waals surface area contributed by atoms with Gasteiger partial charge in [-0.05, 0) is 58.7 Å². The van der Waals surface area contributed by atoms with Gasteiger partial charge in [-0.1, -0.05) is 11.6 Å². The van der Waals surface area contributed by atoms with Crippen LogP contribution in [0.5, 0.6) is 0 Å². The van der Waals surface area contributed by atoms with Crippen molar-refractivity contribution < 1.29 is 32.3 Å². The molecule has 11 heteroatoms. The minimum Gasteiger partial charge on any atom is -0.444 e. The van der Waals surface area contributed by atoms with E-state index in [-0.39, 0.29) is 38.2 Å². The molecule has 2 fully saturated rings. The van der Waals surface area contributed by atoms with Crippen LogP contribution in [-0.4, -0.2) is 58.6 Å². The number of likely N-dealkylation sites (tertiary alicyclic amines) is 1. The van der Waals surface area contributed by atoms with Crippen LogP contribution in [0.2, 0.25) is 5.02 Å². The number of benzene rings is 1. The van der Waals surface area contributed by atoms with Crippen LogP contribution in [-0.2, 0) is 15.7 Å². The maximum absolute atomic E-state index is 13.4. The van der Waals surface area contributed by atoms with Gasteiger partial charge in [-0.3, -0.25) is 4.79 Å². The molecule has 7 nitrogen and oxygen atoms in total. The van der Waals surface area contributed by atoms with E-state index in [2.05, 4.69) is 0 Å². The first kappa shape index (κ1) is 24.2. The molecule has 2 saturated heterocycles. The molecule has 1 aromatic carbocycles. The molecule has 0 bridgehead atoms. The van der Waals surface area contributed by atoms with E-state index in [0.717, 1.165) is 23.1 Å². The average Bonchev–Trinajstić information content (AvgIpc) is 2.86. The second-order valence-corrected chi connectivity index (χ2v) is 9.24. The first-order chi connectivity index (χ1) is 14.7. The lowest BCUT2D eigenvalue weighted by molar-refractivity contribution is -0.137. The third kappa shape index (κ3) is 4.24. The van der Waals surface area contributed by atoms with Gasteiger partial charge in [0.25, 0.3) is 5.91 Å².